The van der Waals surface area contributed by atoms with E-state index < -0.39 is 0 Å². The van der Waals surface area contributed by atoms with Crippen LogP contribution in [0, 0.1) is 0 Å². The van der Waals surface area contributed by atoms with Crippen LogP contribution in [0.15, 0.2) is 30.3 Å². The molecule has 0 radical (unpaired) electrons. The van der Waals surface area contributed by atoms with Crippen molar-refractivity contribution < 1.29 is 4.39 Å². The van der Waals surface area contributed by atoms with E-state index in [1.807, 2.05) is 30.3 Å². The summed E-state index contributed by atoms with van der Waals surface area (Å²) in [5.41, 5.74) is 1.07. The molecule has 12 heavy (non-hydrogen) atoms. The van der Waals surface area contributed by atoms with Crippen LogP contribution in [-0.4, -0.2) is 6.67 Å². The van der Waals surface area contributed by atoms with Crippen molar-refractivity contribution in [1.82, 2.24) is 0 Å². The minimum absolute atomic E-state index is 0.110. The smallest absolute Gasteiger partial charge is 0.0990 e. The molecule has 1 aliphatic carbocycles. The summed E-state index contributed by atoms with van der Waals surface area (Å²) < 4.78 is 12.8. The average molecular weight is 164 g/mol. The van der Waals surface area contributed by atoms with Gasteiger partial charge in [-0.3, -0.25) is 4.39 Å². The summed E-state index contributed by atoms with van der Waals surface area (Å²) in [5, 5.41) is 0. The molecule has 1 saturated carbocycles. The van der Waals surface area contributed by atoms with Gasteiger partial charge in [0.05, 0.1) is 6.67 Å². The molecule has 0 atom stereocenters. The van der Waals surface area contributed by atoms with E-state index in [2.05, 4.69) is 0 Å². The monoisotopic (exact) mass is 164 g/mol. The van der Waals surface area contributed by atoms with Gasteiger partial charge >= 0.3 is 0 Å². The van der Waals surface area contributed by atoms with Gasteiger partial charge in [0.15, 0.2) is 0 Å². The lowest BCUT2D eigenvalue weighted by Crippen LogP contribution is -2.36. The van der Waals surface area contributed by atoms with E-state index in [0.717, 1.165) is 12.8 Å². The van der Waals surface area contributed by atoms with E-state index in [0.29, 0.717) is 0 Å². The molecule has 0 spiro atoms. The van der Waals surface area contributed by atoms with Gasteiger partial charge in [-0.1, -0.05) is 36.8 Å². The van der Waals surface area contributed by atoms with E-state index in [-0.39, 0.29) is 12.1 Å². The Balaban J connectivity index is 2.28. The first-order valence-electron chi connectivity index (χ1n) is 4.49. The van der Waals surface area contributed by atoms with Crippen LogP contribution in [0.1, 0.15) is 24.8 Å². The Morgan fingerprint density at radius 3 is 2.25 bits per heavy atom. The van der Waals surface area contributed by atoms with Gasteiger partial charge in [-0.25, -0.2) is 0 Å². The molecule has 0 heterocycles. The number of hydrogen-bond donors (Lipinski definition) is 0. The molecule has 64 valence electrons. The van der Waals surface area contributed by atoms with Gasteiger partial charge in [0.25, 0.3) is 0 Å². The first-order chi connectivity index (χ1) is 5.87. The van der Waals surface area contributed by atoms with Crippen LogP contribution in [0.4, 0.5) is 4.39 Å². The molecule has 0 bridgehead atoms. The molecule has 1 fully saturated rings. The predicted octanol–water partition coefficient (Wildman–Crippen LogP) is 3.08. The van der Waals surface area contributed by atoms with Gasteiger partial charge in [0, 0.05) is 5.41 Å². The van der Waals surface area contributed by atoms with E-state index in [4.69, 9.17) is 0 Å². The first-order valence-corrected chi connectivity index (χ1v) is 4.49. The molecule has 1 aromatic rings. The maximum atomic E-state index is 12.8. The zero-order valence-corrected chi connectivity index (χ0v) is 7.09. The van der Waals surface area contributed by atoms with Crippen molar-refractivity contribution in [2.75, 3.05) is 6.67 Å². The summed E-state index contributed by atoms with van der Waals surface area (Å²) in [6.45, 7) is -0.197. The van der Waals surface area contributed by atoms with Crippen LogP contribution in [0.5, 0.6) is 0 Å². The highest BCUT2D eigenvalue weighted by Crippen LogP contribution is 2.43. The summed E-state index contributed by atoms with van der Waals surface area (Å²) in [6.07, 6.45) is 3.22. The predicted molar refractivity (Wildman–Crippen MR) is 47.9 cm³/mol. The fourth-order valence-corrected chi connectivity index (χ4v) is 1.89. The number of halogens is 1. The van der Waals surface area contributed by atoms with E-state index >= 15 is 0 Å². The fraction of sp³-hybridized carbons (Fsp3) is 0.455. The zero-order chi connectivity index (χ0) is 8.44. The molecule has 0 saturated heterocycles. The molecule has 0 nitrogen and oxygen atoms in total. The highest BCUT2D eigenvalue weighted by Gasteiger charge is 2.38. The zero-order valence-electron chi connectivity index (χ0n) is 7.09. The van der Waals surface area contributed by atoms with Crippen molar-refractivity contribution in [2.45, 2.75) is 24.7 Å². The first kappa shape index (κ1) is 7.78. The molecular weight excluding hydrogens is 151 g/mol. The van der Waals surface area contributed by atoms with E-state index in [1.165, 1.54) is 12.0 Å². The molecule has 1 aromatic carbocycles. The van der Waals surface area contributed by atoms with E-state index in [9.17, 15) is 4.39 Å². The Bertz CT molecular complexity index is 243. The third-order valence-electron chi connectivity index (χ3n) is 2.95. The van der Waals surface area contributed by atoms with Gasteiger partial charge in [0.2, 0.25) is 0 Å². The third-order valence-corrected chi connectivity index (χ3v) is 2.95. The molecule has 0 amide bonds. The maximum absolute atomic E-state index is 12.8. The van der Waals surface area contributed by atoms with Gasteiger partial charge in [-0.2, -0.15) is 0 Å². The summed E-state index contributed by atoms with van der Waals surface area (Å²) in [5.74, 6) is 0. The quantitative estimate of drug-likeness (QED) is 0.630. The number of alkyl halides is 1. The highest BCUT2D eigenvalue weighted by molar-refractivity contribution is 5.27. The average Bonchev–Trinajstić information content (AvgIpc) is 2.05. The van der Waals surface area contributed by atoms with Crippen molar-refractivity contribution >= 4 is 0 Å². The van der Waals surface area contributed by atoms with Crippen LogP contribution in [0.3, 0.4) is 0 Å². The Morgan fingerprint density at radius 2 is 1.83 bits per heavy atom. The second kappa shape index (κ2) is 2.89. The van der Waals surface area contributed by atoms with Gasteiger partial charge in [-0.15, -0.1) is 0 Å². The van der Waals surface area contributed by atoms with Crippen molar-refractivity contribution in [3.63, 3.8) is 0 Å². The van der Waals surface area contributed by atoms with Gasteiger partial charge in [0.1, 0.15) is 0 Å². The highest BCUT2D eigenvalue weighted by atomic mass is 19.1. The van der Waals surface area contributed by atoms with Crippen LogP contribution < -0.4 is 0 Å². The lowest BCUT2D eigenvalue weighted by Gasteiger charge is -2.39. The lowest BCUT2D eigenvalue weighted by atomic mass is 9.65. The Labute approximate surface area is 72.4 Å². The molecule has 0 aliphatic heterocycles. The normalized spacial score (nSPS) is 20.1. The minimum Gasteiger partial charge on any atom is -0.250 e. The lowest BCUT2D eigenvalue weighted by molar-refractivity contribution is 0.185. The Morgan fingerprint density at radius 1 is 1.17 bits per heavy atom. The summed E-state index contributed by atoms with van der Waals surface area (Å²) >= 11 is 0. The largest absolute Gasteiger partial charge is 0.250 e. The molecule has 0 N–H and O–H groups in total. The minimum atomic E-state index is -0.197. The molecule has 2 rings (SSSR count). The van der Waals surface area contributed by atoms with Crippen LogP contribution >= 0.6 is 0 Å². The molecule has 0 unspecified atom stereocenters. The second-order valence-electron chi connectivity index (χ2n) is 3.63. The van der Waals surface area contributed by atoms with Crippen LogP contribution in [0.25, 0.3) is 0 Å². The van der Waals surface area contributed by atoms with Crippen LogP contribution in [0.2, 0.25) is 0 Å². The van der Waals surface area contributed by atoms with Gasteiger partial charge in [-0.05, 0) is 18.4 Å². The van der Waals surface area contributed by atoms with E-state index in [1.54, 1.807) is 0 Å². The molecule has 1 aliphatic rings. The topological polar surface area (TPSA) is 0 Å². The third kappa shape index (κ3) is 1.04. The summed E-state index contributed by atoms with van der Waals surface area (Å²) in [4.78, 5) is 0. The number of hydrogen-bond acceptors (Lipinski definition) is 0. The van der Waals surface area contributed by atoms with Crippen molar-refractivity contribution in [1.29, 1.82) is 0 Å². The van der Waals surface area contributed by atoms with Crippen LogP contribution in [-0.2, 0) is 5.41 Å². The number of benzene rings is 1. The fourth-order valence-electron chi connectivity index (χ4n) is 1.89. The molecule has 0 aromatic heterocycles. The standard InChI is InChI=1S/C11H13F/c12-9-11(7-4-8-11)10-5-2-1-3-6-10/h1-3,5-6H,4,7-9H2. The van der Waals surface area contributed by atoms with Crippen molar-refractivity contribution in [3.05, 3.63) is 35.9 Å². The number of rotatable bonds is 2. The SMILES string of the molecule is FCC1(c2ccccc2)CCC1. The Hall–Kier alpha value is -0.850. The van der Waals surface area contributed by atoms with Crippen molar-refractivity contribution in [3.8, 4) is 0 Å². The van der Waals surface area contributed by atoms with Crippen molar-refractivity contribution in [2.24, 2.45) is 0 Å². The second-order valence-corrected chi connectivity index (χ2v) is 3.63. The maximum Gasteiger partial charge on any atom is 0.0990 e. The summed E-state index contributed by atoms with van der Waals surface area (Å²) in [7, 11) is 0. The summed E-state index contributed by atoms with van der Waals surface area (Å²) in [6, 6.07) is 10.0. The molecule has 1 heteroatoms. The van der Waals surface area contributed by atoms with Gasteiger partial charge < -0.3 is 0 Å². The Kier molecular flexibility index (Phi) is 1.87. The molecular formula is C11H13F.